The van der Waals surface area contributed by atoms with Gasteiger partial charge in [0.15, 0.2) is 14.3 Å². The lowest BCUT2D eigenvalue weighted by Crippen LogP contribution is -2.42. The summed E-state index contributed by atoms with van der Waals surface area (Å²) in [6.07, 6.45) is 0.450. The second-order valence-corrected chi connectivity index (χ2v) is 18.5. The molecule has 6 nitrogen and oxygen atoms in total. The van der Waals surface area contributed by atoms with Crippen LogP contribution in [0.3, 0.4) is 0 Å². The van der Waals surface area contributed by atoms with Crippen molar-refractivity contribution in [3.05, 3.63) is 66.7 Å². The Labute approximate surface area is 219 Å². The maximum absolute atomic E-state index is 13.5. The summed E-state index contributed by atoms with van der Waals surface area (Å²) in [5.74, 6) is 1.29. The van der Waals surface area contributed by atoms with E-state index in [1.54, 1.807) is 18.2 Å². The van der Waals surface area contributed by atoms with Crippen molar-refractivity contribution in [3.63, 3.8) is 0 Å². The number of rotatable bonds is 2. The normalized spacial score (nSPS) is 22.2. The minimum Gasteiger partial charge on any atom is -0.485 e. The molecule has 3 aromatic rings. The number of benzene rings is 3. The van der Waals surface area contributed by atoms with Crippen LogP contribution in [0, 0.1) is 0 Å². The van der Waals surface area contributed by atoms with E-state index in [4.69, 9.17) is 9.47 Å². The zero-order valence-corrected chi connectivity index (χ0v) is 24.1. The van der Waals surface area contributed by atoms with Gasteiger partial charge in [0, 0.05) is 10.3 Å². The van der Waals surface area contributed by atoms with Gasteiger partial charge >= 0.3 is 7.12 Å². The molecule has 0 saturated carbocycles. The van der Waals surface area contributed by atoms with Crippen LogP contribution in [0.1, 0.15) is 41.5 Å². The first-order valence-electron chi connectivity index (χ1n) is 12.3. The summed E-state index contributed by atoms with van der Waals surface area (Å²) in [7, 11) is -6.97. The topological polar surface area (TPSA) is 93.1 Å². The molecule has 5 rings (SSSR count). The Kier molecular flexibility index (Phi) is 7.33. The third-order valence-electron chi connectivity index (χ3n) is 7.09. The van der Waals surface area contributed by atoms with Gasteiger partial charge < -0.3 is 28.7 Å². The van der Waals surface area contributed by atoms with Crippen LogP contribution < -0.4 is 25.5 Å². The summed E-state index contributed by atoms with van der Waals surface area (Å²) in [6, 6.07) is 21.0. The summed E-state index contributed by atoms with van der Waals surface area (Å²) in [5.41, 5.74) is 2.43. The molecule has 0 aromatic heterocycles. The average Bonchev–Trinajstić information content (AvgIpc) is 3.39. The number of fused-ring (bicyclic) bond motifs is 2. The quantitative estimate of drug-likeness (QED) is 0.352. The Balaban J connectivity index is 0.000000176. The molecule has 0 spiro atoms. The molecular weight excluding hydrogens is 505 g/mol. The predicted molar refractivity (Wildman–Crippen MR) is 153 cm³/mol. The van der Waals surface area contributed by atoms with Crippen molar-refractivity contribution in [3.8, 4) is 22.6 Å². The van der Waals surface area contributed by atoms with Crippen LogP contribution in [-0.4, -0.2) is 40.2 Å². The Hall–Kier alpha value is -2.30. The Morgan fingerprint density at radius 1 is 0.676 bits per heavy atom. The highest BCUT2D eigenvalue weighted by Gasteiger charge is 2.48. The highest BCUT2D eigenvalue weighted by molar-refractivity contribution is 7.74. The molecule has 2 heterocycles. The van der Waals surface area contributed by atoms with E-state index >= 15 is 0 Å². The Morgan fingerprint density at radius 3 is 1.68 bits per heavy atom. The van der Waals surface area contributed by atoms with Crippen LogP contribution in [0.5, 0.6) is 11.5 Å². The first kappa shape index (κ1) is 27.7. The third-order valence-corrected chi connectivity index (χ3v) is 14.8. The molecule has 2 N–H and O–H groups in total. The fourth-order valence-electron chi connectivity index (χ4n) is 4.62. The fourth-order valence-corrected chi connectivity index (χ4v) is 9.83. The molecule has 37 heavy (non-hydrogen) atoms. The van der Waals surface area contributed by atoms with Gasteiger partial charge in [0.25, 0.3) is 0 Å². The molecule has 2 aliphatic rings. The van der Waals surface area contributed by atoms with Gasteiger partial charge in [-0.2, -0.15) is 0 Å². The van der Waals surface area contributed by atoms with Gasteiger partial charge in [-0.05, 0) is 28.7 Å². The molecule has 0 fully saturated rings. The molecule has 9 heteroatoms. The third kappa shape index (κ3) is 4.84. The molecule has 0 bridgehead atoms. The standard InChI is InChI=1S/C17H19O2P.C11H16BO4P/c1-17(2,3)20(18)12-19-15-11-7-10-14(16(15)20)13-8-5-4-6-9-13;1-11(2,3)17(15)7-16-9-6-4-5-8(10(9)17)12(13)14/h4-11H,12H2,1-3H3;4-6,13-14H,7H2,1-3H3/t20-;17-/m11/s1. The summed E-state index contributed by atoms with van der Waals surface area (Å²) >= 11 is 0. The molecule has 0 aliphatic carbocycles. The number of hydrogen-bond acceptors (Lipinski definition) is 6. The molecule has 2 aliphatic heterocycles. The van der Waals surface area contributed by atoms with Crippen molar-refractivity contribution in [1.29, 1.82) is 0 Å². The van der Waals surface area contributed by atoms with Gasteiger partial charge in [-0.3, -0.25) is 0 Å². The van der Waals surface area contributed by atoms with Gasteiger partial charge in [0.05, 0.1) is 10.6 Å². The summed E-state index contributed by atoms with van der Waals surface area (Å²) < 4.78 is 37.7. The number of hydrogen-bond donors (Lipinski definition) is 2. The lowest BCUT2D eigenvalue weighted by Gasteiger charge is -2.27. The SMILES string of the molecule is CC(C)(C)[P@@]1(=O)COc2cccc(-c3ccccc3)c21.CC(C)(C)[P@@]1(=O)COc2cccc(B(O)O)c21. The Morgan fingerprint density at radius 2 is 1.16 bits per heavy atom. The molecule has 2 atom stereocenters. The van der Waals surface area contributed by atoms with Crippen molar-refractivity contribution in [1.82, 2.24) is 0 Å². The van der Waals surface area contributed by atoms with Gasteiger partial charge in [-0.15, -0.1) is 0 Å². The lowest BCUT2D eigenvalue weighted by molar-refractivity contribution is 0.389. The van der Waals surface area contributed by atoms with E-state index in [-0.39, 0.29) is 11.5 Å². The van der Waals surface area contributed by atoms with Crippen LogP contribution in [0.2, 0.25) is 0 Å². The zero-order valence-electron chi connectivity index (χ0n) is 22.3. The van der Waals surface area contributed by atoms with Crippen molar-refractivity contribution >= 4 is 37.5 Å². The van der Waals surface area contributed by atoms with E-state index in [0.29, 0.717) is 22.9 Å². The number of ether oxygens (including phenoxy) is 2. The van der Waals surface area contributed by atoms with Crippen molar-refractivity contribution in [2.75, 3.05) is 12.7 Å². The van der Waals surface area contributed by atoms with E-state index in [2.05, 4.69) is 12.1 Å². The summed E-state index contributed by atoms with van der Waals surface area (Å²) in [4.78, 5) is 0. The van der Waals surface area contributed by atoms with Crippen LogP contribution in [0.4, 0.5) is 0 Å². The molecular formula is C28H35BO6P2. The first-order chi connectivity index (χ1) is 17.2. The molecule has 0 saturated heterocycles. The van der Waals surface area contributed by atoms with E-state index in [1.165, 1.54) is 0 Å². The van der Waals surface area contributed by atoms with E-state index < -0.39 is 26.6 Å². The maximum Gasteiger partial charge on any atom is 0.489 e. The highest BCUT2D eigenvalue weighted by Crippen LogP contribution is 2.63. The van der Waals surface area contributed by atoms with Gasteiger partial charge in [0.2, 0.25) is 0 Å². The van der Waals surface area contributed by atoms with Crippen LogP contribution in [0.25, 0.3) is 11.1 Å². The largest absolute Gasteiger partial charge is 0.489 e. The average molecular weight is 540 g/mol. The smallest absolute Gasteiger partial charge is 0.485 e. The molecule has 0 amide bonds. The fraction of sp³-hybridized carbons (Fsp3) is 0.357. The van der Waals surface area contributed by atoms with Crippen LogP contribution >= 0.6 is 14.3 Å². The van der Waals surface area contributed by atoms with Crippen molar-refractivity contribution in [2.24, 2.45) is 0 Å². The van der Waals surface area contributed by atoms with E-state index in [9.17, 15) is 19.2 Å². The van der Waals surface area contributed by atoms with Crippen LogP contribution in [0.15, 0.2) is 66.7 Å². The summed E-state index contributed by atoms with van der Waals surface area (Å²) in [6.45, 7) is 11.8. The lowest BCUT2D eigenvalue weighted by atomic mass is 9.80. The molecule has 3 aromatic carbocycles. The highest BCUT2D eigenvalue weighted by atomic mass is 31.2. The van der Waals surface area contributed by atoms with Gasteiger partial charge in [-0.25, -0.2) is 0 Å². The van der Waals surface area contributed by atoms with Crippen LogP contribution in [-0.2, 0) is 9.13 Å². The molecule has 0 unspecified atom stereocenters. The first-order valence-corrected chi connectivity index (χ1v) is 16.1. The Bertz CT molecular complexity index is 1390. The van der Waals surface area contributed by atoms with Gasteiger partial charge in [-0.1, -0.05) is 96.1 Å². The summed E-state index contributed by atoms with van der Waals surface area (Å²) in [5, 5.41) is 19.4. The minimum absolute atomic E-state index is 0.134. The molecule has 196 valence electrons. The van der Waals surface area contributed by atoms with Crippen molar-refractivity contribution in [2.45, 2.75) is 51.9 Å². The van der Waals surface area contributed by atoms with Gasteiger partial charge in [0.1, 0.15) is 24.2 Å². The minimum atomic E-state index is -2.78. The maximum atomic E-state index is 13.5. The van der Waals surface area contributed by atoms with Crippen molar-refractivity contribution < 1.29 is 28.7 Å². The molecule has 0 radical (unpaired) electrons. The van der Waals surface area contributed by atoms with E-state index in [1.807, 2.05) is 77.9 Å². The van der Waals surface area contributed by atoms with E-state index in [0.717, 1.165) is 22.2 Å². The second kappa shape index (κ2) is 9.78. The predicted octanol–water partition coefficient (Wildman–Crippen LogP) is 4.99. The monoisotopic (exact) mass is 540 g/mol. The second-order valence-electron chi connectivity index (χ2n) is 11.5. The zero-order chi connectivity index (χ0) is 27.2.